The van der Waals surface area contributed by atoms with Crippen molar-refractivity contribution in [3.05, 3.63) is 0 Å². The lowest BCUT2D eigenvalue weighted by molar-refractivity contribution is 0.400. The molecule has 1 atom stereocenters. The Balaban J connectivity index is 2.33. The lowest BCUT2D eigenvalue weighted by atomic mass is 10.7. The summed E-state index contributed by atoms with van der Waals surface area (Å²) >= 11 is 2.42. The van der Waals surface area contributed by atoms with Gasteiger partial charge in [0.05, 0.1) is 4.05 Å². The molecule has 2 nitrogen and oxygen atoms in total. The molecule has 1 saturated heterocycles. The predicted molar refractivity (Wildman–Crippen MR) is 38.4 cm³/mol. The van der Waals surface area contributed by atoms with Crippen LogP contribution in [-0.4, -0.2) is 29.2 Å². The quantitative estimate of drug-likeness (QED) is 0.351. The molecule has 1 N–H and O–H groups in total. The number of rotatable bonds is 0. The SMILES string of the molecule is CN1CNCC1I. The average Bonchev–Trinajstić information content (AvgIpc) is 1.91. The molecule has 0 aromatic rings. The van der Waals surface area contributed by atoms with Crippen molar-refractivity contribution in [1.29, 1.82) is 0 Å². The third-order valence-electron chi connectivity index (χ3n) is 1.15. The fourth-order valence-corrected chi connectivity index (χ4v) is 1.12. The van der Waals surface area contributed by atoms with Gasteiger partial charge in [-0.1, -0.05) is 22.6 Å². The number of alkyl halides is 1. The van der Waals surface area contributed by atoms with Gasteiger partial charge in [-0.25, -0.2) is 0 Å². The third kappa shape index (κ3) is 1.27. The van der Waals surface area contributed by atoms with Gasteiger partial charge in [-0.05, 0) is 7.05 Å². The first kappa shape index (κ1) is 5.78. The Hall–Kier alpha value is 0.650. The Morgan fingerprint density at radius 2 is 2.57 bits per heavy atom. The highest BCUT2D eigenvalue weighted by atomic mass is 127. The standard InChI is InChI=1S/C4H9IN2/c1-7-3-6-2-4(7)5/h4,6H,2-3H2,1H3. The maximum absolute atomic E-state index is 3.24. The van der Waals surface area contributed by atoms with E-state index < -0.39 is 0 Å². The minimum atomic E-state index is 0.706. The molecule has 1 rings (SSSR count). The summed E-state index contributed by atoms with van der Waals surface area (Å²) in [5, 5.41) is 3.24. The van der Waals surface area contributed by atoms with Crippen molar-refractivity contribution in [2.45, 2.75) is 4.05 Å². The molecule has 3 heteroatoms. The van der Waals surface area contributed by atoms with E-state index in [4.69, 9.17) is 0 Å². The van der Waals surface area contributed by atoms with Gasteiger partial charge in [0.1, 0.15) is 0 Å². The predicted octanol–water partition coefficient (Wildman–Crippen LogP) is 0.240. The van der Waals surface area contributed by atoms with E-state index in [0.29, 0.717) is 4.05 Å². The molecule has 0 radical (unpaired) electrons. The smallest absolute Gasteiger partial charge is 0.0753 e. The molecule has 0 saturated carbocycles. The summed E-state index contributed by atoms with van der Waals surface area (Å²) in [6.45, 7) is 2.19. The maximum Gasteiger partial charge on any atom is 0.0753 e. The molecule has 0 aromatic carbocycles. The van der Waals surface area contributed by atoms with Crippen LogP contribution in [0.4, 0.5) is 0 Å². The lowest BCUT2D eigenvalue weighted by Gasteiger charge is -2.08. The van der Waals surface area contributed by atoms with Gasteiger partial charge in [0.15, 0.2) is 0 Å². The van der Waals surface area contributed by atoms with E-state index >= 15 is 0 Å². The van der Waals surface area contributed by atoms with E-state index in [9.17, 15) is 0 Å². The summed E-state index contributed by atoms with van der Waals surface area (Å²) in [6, 6.07) is 0. The Morgan fingerprint density at radius 3 is 2.71 bits per heavy atom. The van der Waals surface area contributed by atoms with Gasteiger partial charge in [0, 0.05) is 13.2 Å². The second-order valence-corrected chi connectivity index (χ2v) is 3.24. The van der Waals surface area contributed by atoms with Crippen LogP contribution in [0.5, 0.6) is 0 Å². The maximum atomic E-state index is 3.24. The van der Waals surface area contributed by atoms with Gasteiger partial charge in [-0.3, -0.25) is 4.90 Å². The van der Waals surface area contributed by atoms with Gasteiger partial charge in [-0.2, -0.15) is 0 Å². The molecule has 1 unspecified atom stereocenters. The van der Waals surface area contributed by atoms with Crippen LogP contribution in [0.3, 0.4) is 0 Å². The highest BCUT2D eigenvalue weighted by molar-refractivity contribution is 14.1. The number of nitrogens with zero attached hydrogens (tertiary/aromatic N) is 1. The third-order valence-corrected chi connectivity index (χ3v) is 2.54. The number of nitrogens with one attached hydrogen (secondary N) is 1. The molecule has 0 aromatic heterocycles. The van der Waals surface area contributed by atoms with Crippen molar-refractivity contribution in [2.24, 2.45) is 0 Å². The summed E-state index contributed by atoms with van der Waals surface area (Å²) < 4.78 is 0.706. The lowest BCUT2D eigenvalue weighted by Crippen LogP contribution is -2.20. The summed E-state index contributed by atoms with van der Waals surface area (Å²) in [5.74, 6) is 0. The van der Waals surface area contributed by atoms with Gasteiger partial charge in [0.25, 0.3) is 0 Å². The summed E-state index contributed by atoms with van der Waals surface area (Å²) in [4.78, 5) is 2.28. The number of halogens is 1. The Labute approximate surface area is 57.4 Å². The highest BCUT2D eigenvalue weighted by Crippen LogP contribution is 2.07. The zero-order valence-corrected chi connectivity index (χ0v) is 6.47. The molecule has 0 amide bonds. The normalized spacial score (nSPS) is 34.3. The van der Waals surface area contributed by atoms with Crippen molar-refractivity contribution in [3.63, 3.8) is 0 Å². The fraction of sp³-hybridized carbons (Fsp3) is 1.00. The first-order chi connectivity index (χ1) is 3.30. The Bertz CT molecular complexity index is 58.7. The van der Waals surface area contributed by atoms with Crippen molar-refractivity contribution in [1.82, 2.24) is 10.2 Å². The first-order valence-corrected chi connectivity index (χ1v) is 3.60. The van der Waals surface area contributed by atoms with E-state index in [-0.39, 0.29) is 0 Å². The molecule has 42 valence electrons. The second-order valence-electron chi connectivity index (χ2n) is 1.80. The van der Waals surface area contributed by atoms with Crippen LogP contribution in [0.2, 0.25) is 0 Å². The minimum Gasteiger partial charge on any atom is -0.302 e. The topological polar surface area (TPSA) is 15.3 Å². The zero-order chi connectivity index (χ0) is 5.28. The molecule has 0 bridgehead atoms. The fourth-order valence-electron chi connectivity index (χ4n) is 0.615. The molecular weight excluding hydrogens is 203 g/mol. The van der Waals surface area contributed by atoms with E-state index in [2.05, 4.69) is 39.9 Å². The van der Waals surface area contributed by atoms with Crippen LogP contribution in [-0.2, 0) is 0 Å². The molecule has 7 heavy (non-hydrogen) atoms. The molecule has 1 aliphatic rings. The van der Waals surface area contributed by atoms with Crippen molar-refractivity contribution < 1.29 is 0 Å². The monoisotopic (exact) mass is 212 g/mol. The van der Waals surface area contributed by atoms with Crippen molar-refractivity contribution in [3.8, 4) is 0 Å². The van der Waals surface area contributed by atoms with E-state index in [0.717, 1.165) is 13.2 Å². The largest absolute Gasteiger partial charge is 0.302 e. The molecule has 0 aliphatic carbocycles. The van der Waals surface area contributed by atoms with Crippen molar-refractivity contribution in [2.75, 3.05) is 20.3 Å². The van der Waals surface area contributed by atoms with Gasteiger partial charge < -0.3 is 5.32 Å². The van der Waals surface area contributed by atoms with Crippen LogP contribution in [0, 0.1) is 0 Å². The Kier molecular flexibility index (Phi) is 1.88. The zero-order valence-electron chi connectivity index (χ0n) is 4.32. The minimum absolute atomic E-state index is 0.706. The van der Waals surface area contributed by atoms with Crippen LogP contribution in [0.25, 0.3) is 0 Å². The molecule has 1 heterocycles. The second kappa shape index (κ2) is 2.28. The number of likely N-dealkylation sites (N-methyl/N-ethyl adjacent to an activating group) is 1. The summed E-state index contributed by atoms with van der Waals surface area (Å²) in [7, 11) is 2.12. The van der Waals surface area contributed by atoms with Gasteiger partial charge >= 0.3 is 0 Å². The van der Waals surface area contributed by atoms with Crippen molar-refractivity contribution >= 4 is 22.6 Å². The summed E-state index contributed by atoms with van der Waals surface area (Å²) in [6.07, 6.45) is 0. The molecule has 0 spiro atoms. The first-order valence-electron chi connectivity index (χ1n) is 2.36. The molecule has 1 aliphatic heterocycles. The van der Waals surface area contributed by atoms with Crippen LogP contribution in [0.1, 0.15) is 0 Å². The average molecular weight is 212 g/mol. The van der Waals surface area contributed by atoms with E-state index in [1.807, 2.05) is 0 Å². The Morgan fingerprint density at radius 1 is 1.86 bits per heavy atom. The molecular formula is C4H9IN2. The highest BCUT2D eigenvalue weighted by Gasteiger charge is 2.15. The summed E-state index contributed by atoms with van der Waals surface area (Å²) in [5.41, 5.74) is 0. The van der Waals surface area contributed by atoms with Crippen LogP contribution in [0.15, 0.2) is 0 Å². The van der Waals surface area contributed by atoms with Gasteiger partial charge in [-0.15, -0.1) is 0 Å². The number of hydrogen-bond acceptors (Lipinski definition) is 2. The van der Waals surface area contributed by atoms with Crippen LogP contribution >= 0.6 is 22.6 Å². The number of hydrogen-bond donors (Lipinski definition) is 1. The van der Waals surface area contributed by atoms with E-state index in [1.165, 1.54) is 0 Å². The van der Waals surface area contributed by atoms with Gasteiger partial charge in [0.2, 0.25) is 0 Å². The molecule has 1 fully saturated rings. The van der Waals surface area contributed by atoms with E-state index in [1.54, 1.807) is 0 Å². The van der Waals surface area contributed by atoms with Crippen LogP contribution < -0.4 is 5.32 Å².